The smallest absolute Gasteiger partial charge is 0.134 e. The molecule has 96 valence electrons. The highest BCUT2D eigenvalue weighted by Crippen LogP contribution is 2.43. The van der Waals surface area contributed by atoms with E-state index in [1.165, 1.54) is 12.8 Å². The summed E-state index contributed by atoms with van der Waals surface area (Å²) in [5.41, 5.74) is 3.75. The lowest BCUT2D eigenvalue weighted by Gasteiger charge is -2.20. The molecule has 0 saturated heterocycles. The minimum Gasteiger partial charge on any atom is -0.459 e. The van der Waals surface area contributed by atoms with Gasteiger partial charge < -0.3 is 4.42 Å². The zero-order chi connectivity index (χ0) is 12.7. The Bertz CT molecular complexity index is 562. The highest BCUT2D eigenvalue weighted by atomic mass is 35.5. The van der Waals surface area contributed by atoms with E-state index >= 15 is 0 Å². The second-order valence-corrected chi connectivity index (χ2v) is 5.61. The summed E-state index contributed by atoms with van der Waals surface area (Å²) < 4.78 is 5.87. The van der Waals surface area contributed by atoms with Crippen molar-refractivity contribution < 1.29 is 4.42 Å². The largest absolute Gasteiger partial charge is 0.459 e. The van der Waals surface area contributed by atoms with E-state index in [2.05, 4.69) is 12.3 Å². The summed E-state index contributed by atoms with van der Waals surface area (Å²) >= 11 is 5.98. The zero-order valence-corrected chi connectivity index (χ0v) is 11.1. The van der Waals surface area contributed by atoms with E-state index in [1.807, 2.05) is 24.3 Å². The normalized spacial score (nSPS) is 19.1. The minimum atomic E-state index is 0.0728. The van der Waals surface area contributed by atoms with Gasteiger partial charge in [-0.05, 0) is 48.9 Å². The molecule has 1 aliphatic carbocycles. The van der Waals surface area contributed by atoms with Gasteiger partial charge in [-0.15, -0.1) is 0 Å². The summed E-state index contributed by atoms with van der Waals surface area (Å²) in [4.78, 5) is 0. The SMILES string of the molecule is CC(C1CC1)C(NN)c1cc2cc(Cl)ccc2o1. The molecule has 1 aliphatic rings. The zero-order valence-electron chi connectivity index (χ0n) is 10.3. The quantitative estimate of drug-likeness (QED) is 0.655. The average molecular weight is 265 g/mol. The first-order chi connectivity index (χ1) is 8.69. The summed E-state index contributed by atoms with van der Waals surface area (Å²) in [6.45, 7) is 2.22. The van der Waals surface area contributed by atoms with Crippen molar-refractivity contribution >= 4 is 22.6 Å². The van der Waals surface area contributed by atoms with Crippen LogP contribution in [-0.4, -0.2) is 0 Å². The van der Waals surface area contributed by atoms with Gasteiger partial charge in [0.25, 0.3) is 0 Å². The van der Waals surface area contributed by atoms with E-state index in [4.69, 9.17) is 21.9 Å². The molecule has 2 unspecified atom stereocenters. The van der Waals surface area contributed by atoms with Crippen LogP contribution in [0.5, 0.6) is 0 Å². The van der Waals surface area contributed by atoms with Crippen molar-refractivity contribution in [3.63, 3.8) is 0 Å². The van der Waals surface area contributed by atoms with Crippen molar-refractivity contribution in [2.24, 2.45) is 17.7 Å². The molecule has 3 nitrogen and oxygen atoms in total. The summed E-state index contributed by atoms with van der Waals surface area (Å²) in [5, 5.41) is 1.75. The summed E-state index contributed by atoms with van der Waals surface area (Å²) in [7, 11) is 0. The summed E-state index contributed by atoms with van der Waals surface area (Å²) in [6, 6.07) is 7.76. The average Bonchev–Trinajstić information content (AvgIpc) is 3.11. The second-order valence-electron chi connectivity index (χ2n) is 5.17. The van der Waals surface area contributed by atoms with Crippen molar-refractivity contribution in [2.45, 2.75) is 25.8 Å². The lowest BCUT2D eigenvalue weighted by atomic mass is 9.95. The molecule has 1 heterocycles. The van der Waals surface area contributed by atoms with E-state index in [0.29, 0.717) is 5.92 Å². The molecule has 3 rings (SSSR count). The van der Waals surface area contributed by atoms with E-state index in [0.717, 1.165) is 27.7 Å². The third-order valence-electron chi connectivity index (χ3n) is 3.87. The van der Waals surface area contributed by atoms with Crippen molar-refractivity contribution in [3.05, 3.63) is 35.0 Å². The van der Waals surface area contributed by atoms with Gasteiger partial charge >= 0.3 is 0 Å². The molecule has 1 aromatic carbocycles. The fourth-order valence-corrected chi connectivity index (χ4v) is 2.76. The van der Waals surface area contributed by atoms with Crippen molar-refractivity contribution in [3.8, 4) is 0 Å². The van der Waals surface area contributed by atoms with Crippen LogP contribution in [-0.2, 0) is 0 Å². The number of nitrogens with two attached hydrogens (primary N) is 1. The summed E-state index contributed by atoms with van der Waals surface area (Å²) in [5.74, 6) is 7.84. The molecule has 0 aliphatic heterocycles. The van der Waals surface area contributed by atoms with E-state index in [1.54, 1.807) is 0 Å². The van der Waals surface area contributed by atoms with Gasteiger partial charge in [-0.25, -0.2) is 5.43 Å². The molecule has 1 fully saturated rings. The first-order valence-corrected chi connectivity index (χ1v) is 6.72. The number of halogens is 1. The fraction of sp³-hybridized carbons (Fsp3) is 0.429. The van der Waals surface area contributed by atoms with Gasteiger partial charge in [0, 0.05) is 10.4 Å². The highest BCUT2D eigenvalue weighted by molar-refractivity contribution is 6.31. The molecule has 18 heavy (non-hydrogen) atoms. The van der Waals surface area contributed by atoms with Crippen LogP contribution >= 0.6 is 11.6 Å². The Morgan fingerprint density at radius 2 is 2.17 bits per heavy atom. The van der Waals surface area contributed by atoms with Crippen LogP contribution in [0.3, 0.4) is 0 Å². The molecule has 3 N–H and O–H groups in total. The second kappa shape index (κ2) is 4.57. The fourth-order valence-electron chi connectivity index (χ4n) is 2.58. The number of nitrogens with one attached hydrogen (secondary N) is 1. The van der Waals surface area contributed by atoms with Gasteiger partial charge in [0.1, 0.15) is 11.3 Å². The molecule has 2 atom stereocenters. The predicted octanol–water partition coefficient (Wildman–Crippen LogP) is 3.64. The van der Waals surface area contributed by atoms with Crippen molar-refractivity contribution in [2.75, 3.05) is 0 Å². The Morgan fingerprint density at radius 3 is 2.83 bits per heavy atom. The Hall–Kier alpha value is -1.03. The number of hydrogen-bond donors (Lipinski definition) is 2. The number of hydrazine groups is 1. The third-order valence-corrected chi connectivity index (χ3v) is 4.11. The molecule has 1 saturated carbocycles. The van der Waals surface area contributed by atoms with E-state index in [-0.39, 0.29) is 6.04 Å². The van der Waals surface area contributed by atoms with Crippen LogP contribution in [0, 0.1) is 11.8 Å². The molecular formula is C14H17ClN2O. The number of furan rings is 1. The Kier molecular flexibility index (Phi) is 3.06. The monoisotopic (exact) mass is 264 g/mol. The number of fused-ring (bicyclic) bond motifs is 1. The Labute approximate surface area is 111 Å². The van der Waals surface area contributed by atoms with Gasteiger partial charge in [-0.3, -0.25) is 5.84 Å². The van der Waals surface area contributed by atoms with Crippen LogP contribution in [0.2, 0.25) is 5.02 Å². The van der Waals surface area contributed by atoms with Gasteiger partial charge in [0.05, 0.1) is 6.04 Å². The molecule has 2 aromatic rings. The molecule has 0 amide bonds. The van der Waals surface area contributed by atoms with Crippen LogP contribution in [0.4, 0.5) is 0 Å². The van der Waals surface area contributed by atoms with Crippen LogP contribution in [0.15, 0.2) is 28.7 Å². The maximum absolute atomic E-state index is 5.98. The minimum absolute atomic E-state index is 0.0728. The number of rotatable bonds is 4. The molecule has 0 bridgehead atoms. The molecule has 4 heteroatoms. The maximum atomic E-state index is 5.98. The van der Waals surface area contributed by atoms with Gasteiger partial charge in [0.15, 0.2) is 0 Å². The molecule has 1 aromatic heterocycles. The van der Waals surface area contributed by atoms with Gasteiger partial charge in [0.2, 0.25) is 0 Å². The van der Waals surface area contributed by atoms with Crippen molar-refractivity contribution in [1.29, 1.82) is 0 Å². The topological polar surface area (TPSA) is 51.2 Å². The first-order valence-electron chi connectivity index (χ1n) is 6.34. The number of benzene rings is 1. The molecule has 0 spiro atoms. The van der Waals surface area contributed by atoms with Crippen LogP contribution < -0.4 is 11.3 Å². The highest BCUT2D eigenvalue weighted by Gasteiger charge is 2.35. The Balaban J connectivity index is 1.96. The van der Waals surface area contributed by atoms with Gasteiger partial charge in [-0.1, -0.05) is 18.5 Å². The van der Waals surface area contributed by atoms with Crippen LogP contribution in [0.1, 0.15) is 31.6 Å². The van der Waals surface area contributed by atoms with E-state index in [9.17, 15) is 0 Å². The predicted molar refractivity (Wildman–Crippen MR) is 73.2 cm³/mol. The van der Waals surface area contributed by atoms with E-state index < -0.39 is 0 Å². The summed E-state index contributed by atoms with van der Waals surface area (Å²) in [6.07, 6.45) is 2.59. The van der Waals surface area contributed by atoms with Crippen LogP contribution in [0.25, 0.3) is 11.0 Å². The lowest BCUT2D eigenvalue weighted by Crippen LogP contribution is -2.33. The molecular weight excluding hydrogens is 248 g/mol. The molecule has 0 radical (unpaired) electrons. The Morgan fingerprint density at radius 1 is 1.39 bits per heavy atom. The van der Waals surface area contributed by atoms with Crippen molar-refractivity contribution in [1.82, 2.24) is 5.43 Å². The first kappa shape index (κ1) is 12.0. The third kappa shape index (κ3) is 2.14. The maximum Gasteiger partial charge on any atom is 0.134 e. The lowest BCUT2D eigenvalue weighted by molar-refractivity contribution is 0.309. The van der Waals surface area contributed by atoms with Gasteiger partial charge in [-0.2, -0.15) is 0 Å². The standard InChI is InChI=1S/C14H17ClN2O/c1-8(9-2-3-9)14(17-16)13-7-10-6-11(15)4-5-12(10)18-13/h4-9,14,17H,2-3,16H2,1H3. The number of hydrogen-bond acceptors (Lipinski definition) is 3.